The summed E-state index contributed by atoms with van der Waals surface area (Å²) in [5.41, 5.74) is 0.495. The quantitative estimate of drug-likeness (QED) is 0.578. The second-order valence-corrected chi connectivity index (χ2v) is 3.83. The van der Waals surface area contributed by atoms with E-state index in [1.54, 1.807) is 6.92 Å². The molecule has 16 heavy (non-hydrogen) atoms. The van der Waals surface area contributed by atoms with Gasteiger partial charge in [0.15, 0.2) is 0 Å². The number of aromatic hydroxyl groups is 3. The number of phenolic OH excluding ortho intramolecular Hbond substituents is 3. The van der Waals surface area contributed by atoms with Crippen LogP contribution in [-0.4, -0.2) is 15.3 Å². The van der Waals surface area contributed by atoms with E-state index in [-0.39, 0.29) is 17.2 Å². The summed E-state index contributed by atoms with van der Waals surface area (Å²) in [5, 5.41) is 30.9. The Kier molecular flexibility index (Phi) is 2.05. The van der Waals surface area contributed by atoms with Crippen LogP contribution >= 0.6 is 0 Å². The first-order chi connectivity index (χ1) is 7.43. The third-order valence-electron chi connectivity index (χ3n) is 2.79. The van der Waals surface area contributed by atoms with Gasteiger partial charge in [-0.25, -0.2) is 0 Å². The van der Waals surface area contributed by atoms with Gasteiger partial charge in [-0.3, -0.25) is 0 Å². The lowest BCUT2D eigenvalue weighted by atomic mass is 10.0. The third kappa shape index (κ3) is 1.21. The minimum absolute atomic E-state index is 0.00316. The van der Waals surface area contributed by atoms with E-state index in [0.29, 0.717) is 26.8 Å². The highest BCUT2D eigenvalue weighted by Gasteiger charge is 2.12. The SMILES string of the molecule is C=c1c(C)c(O)c2cc(O)cc(=C)c2c1O. The van der Waals surface area contributed by atoms with Crippen molar-refractivity contribution in [3.8, 4) is 17.2 Å². The highest BCUT2D eigenvalue weighted by Crippen LogP contribution is 2.31. The van der Waals surface area contributed by atoms with Gasteiger partial charge >= 0.3 is 0 Å². The Bertz CT molecular complexity index is 687. The average Bonchev–Trinajstić information content (AvgIpc) is 2.22. The van der Waals surface area contributed by atoms with Crippen molar-refractivity contribution in [2.24, 2.45) is 0 Å². The summed E-state index contributed by atoms with van der Waals surface area (Å²) >= 11 is 0. The van der Waals surface area contributed by atoms with Gasteiger partial charge in [-0.15, -0.1) is 0 Å². The van der Waals surface area contributed by atoms with Gasteiger partial charge in [-0.2, -0.15) is 0 Å². The van der Waals surface area contributed by atoms with E-state index in [1.807, 2.05) is 0 Å². The molecule has 0 radical (unpaired) electrons. The molecule has 0 saturated heterocycles. The van der Waals surface area contributed by atoms with E-state index in [1.165, 1.54) is 12.1 Å². The van der Waals surface area contributed by atoms with Crippen LogP contribution in [-0.2, 0) is 0 Å². The molecule has 2 rings (SSSR count). The van der Waals surface area contributed by atoms with Crippen molar-refractivity contribution in [3.63, 3.8) is 0 Å². The van der Waals surface area contributed by atoms with Crippen molar-refractivity contribution < 1.29 is 15.3 Å². The molecular formula is C13H12O3. The van der Waals surface area contributed by atoms with E-state index in [2.05, 4.69) is 13.2 Å². The van der Waals surface area contributed by atoms with Crippen molar-refractivity contribution in [3.05, 3.63) is 28.1 Å². The first kappa shape index (κ1) is 10.4. The molecule has 2 aromatic carbocycles. The van der Waals surface area contributed by atoms with Crippen LogP contribution in [0.25, 0.3) is 23.9 Å². The minimum Gasteiger partial charge on any atom is -0.508 e. The summed E-state index contributed by atoms with van der Waals surface area (Å²) in [4.78, 5) is 0. The van der Waals surface area contributed by atoms with Crippen molar-refractivity contribution in [2.75, 3.05) is 0 Å². The zero-order chi connectivity index (χ0) is 12.0. The second kappa shape index (κ2) is 3.17. The number of phenols is 3. The minimum atomic E-state index is -0.00435. The molecule has 0 aliphatic heterocycles. The number of benzene rings is 2. The van der Waals surface area contributed by atoms with E-state index in [4.69, 9.17) is 0 Å². The van der Waals surface area contributed by atoms with E-state index < -0.39 is 0 Å². The predicted molar refractivity (Wildman–Crippen MR) is 64.0 cm³/mol. The van der Waals surface area contributed by atoms with Crippen molar-refractivity contribution in [1.82, 2.24) is 0 Å². The zero-order valence-electron chi connectivity index (χ0n) is 8.91. The normalized spacial score (nSPS) is 10.8. The van der Waals surface area contributed by atoms with E-state index >= 15 is 0 Å². The fraction of sp³-hybridized carbons (Fsp3) is 0.0769. The molecule has 0 aromatic heterocycles. The molecule has 0 heterocycles. The second-order valence-electron chi connectivity index (χ2n) is 3.83. The molecular weight excluding hydrogens is 204 g/mol. The Hall–Kier alpha value is -2.16. The first-order valence-electron chi connectivity index (χ1n) is 4.78. The van der Waals surface area contributed by atoms with Crippen LogP contribution in [0.4, 0.5) is 0 Å². The summed E-state index contributed by atoms with van der Waals surface area (Å²) in [6.45, 7) is 9.07. The summed E-state index contributed by atoms with van der Waals surface area (Å²) in [6.07, 6.45) is 0. The van der Waals surface area contributed by atoms with Gasteiger partial charge < -0.3 is 15.3 Å². The monoisotopic (exact) mass is 216 g/mol. The van der Waals surface area contributed by atoms with Crippen LogP contribution in [0.15, 0.2) is 12.1 Å². The average molecular weight is 216 g/mol. The Morgan fingerprint density at radius 3 is 2.25 bits per heavy atom. The van der Waals surface area contributed by atoms with Gasteiger partial charge in [0.2, 0.25) is 0 Å². The highest BCUT2D eigenvalue weighted by molar-refractivity contribution is 5.95. The molecule has 0 spiro atoms. The van der Waals surface area contributed by atoms with Crippen molar-refractivity contribution in [2.45, 2.75) is 6.92 Å². The standard InChI is InChI=1S/C13H12O3/c1-6-4-9(14)5-10-11(6)13(16)8(3)7(2)12(10)15/h4-5,14-16H,1,3H2,2H3. The number of fused-ring (bicyclic) bond motifs is 1. The van der Waals surface area contributed by atoms with Crippen LogP contribution in [0.5, 0.6) is 17.2 Å². The van der Waals surface area contributed by atoms with Gasteiger partial charge in [-0.1, -0.05) is 13.2 Å². The van der Waals surface area contributed by atoms with Gasteiger partial charge in [0.05, 0.1) is 0 Å². The van der Waals surface area contributed by atoms with Crippen LogP contribution in [0.3, 0.4) is 0 Å². The maximum Gasteiger partial charge on any atom is 0.131 e. The Morgan fingerprint density at radius 1 is 1.00 bits per heavy atom. The molecule has 0 amide bonds. The maximum atomic E-state index is 9.94. The molecule has 0 saturated carbocycles. The van der Waals surface area contributed by atoms with Crippen molar-refractivity contribution >= 4 is 23.9 Å². The van der Waals surface area contributed by atoms with Crippen LogP contribution in [0.2, 0.25) is 0 Å². The van der Waals surface area contributed by atoms with E-state index in [9.17, 15) is 15.3 Å². The number of hydrogen-bond acceptors (Lipinski definition) is 3. The lowest BCUT2D eigenvalue weighted by molar-refractivity contribution is 0.459. The highest BCUT2D eigenvalue weighted by atomic mass is 16.3. The van der Waals surface area contributed by atoms with Gasteiger partial charge in [0.1, 0.15) is 17.2 Å². The van der Waals surface area contributed by atoms with Crippen molar-refractivity contribution in [1.29, 1.82) is 0 Å². The van der Waals surface area contributed by atoms with Gasteiger partial charge in [0, 0.05) is 21.6 Å². The summed E-state index contributed by atoms with van der Waals surface area (Å²) < 4.78 is 0. The lowest BCUT2D eigenvalue weighted by Gasteiger charge is -2.09. The molecule has 3 nitrogen and oxygen atoms in total. The summed E-state index contributed by atoms with van der Waals surface area (Å²) in [5.74, 6) is 0.0114. The lowest BCUT2D eigenvalue weighted by Crippen LogP contribution is -2.09. The van der Waals surface area contributed by atoms with Crippen LogP contribution in [0, 0.1) is 6.92 Å². The third-order valence-corrected chi connectivity index (χ3v) is 2.79. The van der Waals surface area contributed by atoms with Gasteiger partial charge in [-0.05, 0) is 24.3 Å². The molecule has 3 heteroatoms. The molecule has 0 fully saturated rings. The van der Waals surface area contributed by atoms with Gasteiger partial charge in [0.25, 0.3) is 0 Å². The number of rotatable bonds is 0. The molecule has 0 bridgehead atoms. The topological polar surface area (TPSA) is 60.7 Å². The van der Waals surface area contributed by atoms with Crippen LogP contribution < -0.4 is 10.4 Å². The molecule has 0 unspecified atom stereocenters. The van der Waals surface area contributed by atoms with E-state index in [0.717, 1.165) is 0 Å². The summed E-state index contributed by atoms with van der Waals surface area (Å²) in [6, 6.07) is 2.82. The summed E-state index contributed by atoms with van der Waals surface area (Å²) in [7, 11) is 0. The molecule has 3 N–H and O–H groups in total. The molecule has 82 valence electrons. The molecule has 0 aliphatic carbocycles. The molecule has 2 aromatic rings. The number of hydrogen-bond donors (Lipinski definition) is 3. The zero-order valence-corrected chi connectivity index (χ0v) is 8.91. The molecule has 0 aliphatic rings. The van der Waals surface area contributed by atoms with Crippen LogP contribution in [0.1, 0.15) is 5.56 Å². The largest absolute Gasteiger partial charge is 0.508 e. The first-order valence-corrected chi connectivity index (χ1v) is 4.78. The Balaban J connectivity index is 3.21. The fourth-order valence-electron chi connectivity index (χ4n) is 1.83. The smallest absolute Gasteiger partial charge is 0.131 e. The maximum absolute atomic E-state index is 9.94. The predicted octanol–water partition coefficient (Wildman–Crippen LogP) is 1.09. The Morgan fingerprint density at radius 2 is 1.62 bits per heavy atom. The molecule has 0 atom stereocenters. The fourth-order valence-corrected chi connectivity index (χ4v) is 1.83. The Labute approximate surface area is 92.2 Å².